The minimum atomic E-state index is -1.62. The Hall–Kier alpha value is -1.39. The maximum absolute atomic E-state index is 12.8. The minimum Gasteiger partial charge on any atom is -0.300 e. The van der Waals surface area contributed by atoms with Crippen molar-refractivity contribution in [3.63, 3.8) is 0 Å². The molecular weight excluding hydrogens is 200 g/mol. The lowest BCUT2D eigenvalue weighted by Gasteiger charge is -2.03. The lowest BCUT2D eigenvalue weighted by Crippen LogP contribution is -2.07. The molecule has 0 atom stereocenters. The number of benzene rings is 1. The van der Waals surface area contributed by atoms with E-state index in [4.69, 9.17) is 0 Å². The van der Waals surface area contributed by atoms with Gasteiger partial charge < -0.3 is 0 Å². The van der Waals surface area contributed by atoms with E-state index < -0.39 is 41.0 Å². The molecule has 0 saturated carbocycles. The SMILES string of the molecule is CC(=O)Cc1c(F)c(F)[c]c(F)c1F. The van der Waals surface area contributed by atoms with E-state index in [9.17, 15) is 22.4 Å². The molecule has 0 N–H and O–H groups in total. The van der Waals surface area contributed by atoms with E-state index in [1.165, 1.54) is 6.07 Å². The number of ketones is 1. The molecule has 14 heavy (non-hydrogen) atoms. The molecule has 0 unspecified atom stereocenters. The van der Waals surface area contributed by atoms with Gasteiger partial charge >= 0.3 is 0 Å². The highest BCUT2D eigenvalue weighted by molar-refractivity contribution is 5.78. The molecule has 1 aromatic rings. The third kappa shape index (κ3) is 1.92. The molecule has 0 spiro atoms. The van der Waals surface area contributed by atoms with Gasteiger partial charge in [-0.15, -0.1) is 0 Å². The smallest absolute Gasteiger partial charge is 0.170 e. The number of hydrogen-bond donors (Lipinski definition) is 0. The fourth-order valence-electron chi connectivity index (χ4n) is 0.972. The summed E-state index contributed by atoms with van der Waals surface area (Å²) in [6, 6.07) is 1.23. The molecule has 5 heteroatoms. The standard InChI is InChI=1S/C9H5F4O/c1-4(14)2-5-8(12)6(10)3-7(11)9(5)13/h2H2,1H3. The molecule has 0 heterocycles. The van der Waals surface area contributed by atoms with Crippen LogP contribution in [0.2, 0.25) is 0 Å². The van der Waals surface area contributed by atoms with Gasteiger partial charge in [0.1, 0.15) is 5.78 Å². The summed E-state index contributed by atoms with van der Waals surface area (Å²) in [7, 11) is 0. The van der Waals surface area contributed by atoms with Gasteiger partial charge in [-0.2, -0.15) is 0 Å². The van der Waals surface area contributed by atoms with Crippen LogP contribution < -0.4 is 0 Å². The summed E-state index contributed by atoms with van der Waals surface area (Å²) in [6.45, 7) is 1.06. The first-order valence-electron chi connectivity index (χ1n) is 3.67. The van der Waals surface area contributed by atoms with Crippen LogP contribution in [0, 0.1) is 29.3 Å². The zero-order valence-corrected chi connectivity index (χ0v) is 7.13. The lowest BCUT2D eigenvalue weighted by atomic mass is 10.1. The summed E-state index contributed by atoms with van der Waals surface area (Å²) in [5.41, 5.74) is -0.897. The fraction of sp³-hybridized carbons (Fsp3) is 0.222. The first kappa shape index (κ1) is 10.7. The van der Waals surface area contributed by atoms with Gasteiger partial charge in [-0.1, -0.05) is 0 Å². The number of carbonyl (C=O) groups is 1. The van der Waals surface area contributed by atoms with Crippen molar-refractivity contribution in [1.82, 2.24) is 0 Å². The van der Waals surface area contributed by atoms with Crippen LogP contribution in [0.4, 0.5) is 17.6 Å². The normalized spacial score (nSPS) is 10.4. The van der Waals surface area contributed by atoms with Crippen molar-refractivity contribution in [1.29, 1.82) is 0 Å². The Morgan fingerprint density at radius 3 is 1.93 bits per heavy atom. The van der Waals surface area contributed by atoms with Crippen molar-refractivity contribution in [2.75, 3.05) is 0 Å². The Morgan fingerprint density at radius 2 is 1.57 bits per heavy atom. The third-order valence-electron chi connectivity index (χ3n) is 1.56. The van der Waals surface area contributed by atoms with Crippen molar-refractivity contribution in [3.8, 4) is 0 Å². The second-order valence-corrected chi connectivity index (χ2v) is 2.74. The number of hydrogen-bond acceptors (Lipinski definition) is 1. The van der Waals surface area contributed by atoms with Gasteiger partial charge in [0.25, 0.3) is 0 Å². The second-order valence-electron chi connectivity index (χ2n) is 2.74. The summed E-state index contributed by atoms with van der Waals surface area (Å²) in [4.78, 5) is 10.6. The molecule has 1 aromatic carbocycles. The fourth-order valence-corrected chi connectivity index (χ4v) is 0.972. The predicted octanol–water partition coefficient (Wildman–Crippen LogP) is 2.17. The summed E-state index contributed by atoms with van der Waals surface area (Å²) in [5.74, 6) is -6.98. The lowest BCUT2D eigenvalue weighted by molar-refractivity contribution is -0.116. The number of halogens is 4. The summed E-state index contributed by atoms with van der Waals surface area (Å²) < 4.78 is 50.7. The van der Waals surface area contributed by atoms with Crippen molar-refractivity contribution in [3.05, 3.63) is 34.9 Å². The summed E-state index contributed by atoms with van der Waals surface area (Å²) in [5, 5.41) is 0. The topological polar surface area (TPSA) is 17.1 Å². The average Bonchev–Trinajstić information content (AvgIpc) is 2.09. The van der Waals surface area contributed by atoms with Crippen LogP contribution >= 0.6 is 0 Å². The van der Waals surface area contributed by atoms with Gasteiger partial charge in [-0.3, -0.25) is 4.79 Å². The summed E-state index contributed by atoms with van der Waals surface area (Å²) in [6.07, 6.45) is -0.680. The maximum Gasteiger partial charge on any atom is 0.170 e. The molecule has 0 amide bonds. The molecule has 0 aliphatic rings. The quantitative estimate of drug-likeness (QED) is 0.534. The summed E-state index contributed by atoms with van der Waals surface area (Å²) >= 11 is 0. The Balaban J connectivity index is 3.31. The van der Waals surface area contributed by atoms with Crippen LogP contribution in [0.15, 0.2) is 0 Å². The number of Topliss-reactive ketones (excluding diaryl/α,β-unsaturated/α-hetero) is 1. The Kier molecular flexibility index (Phi) is 2.88. The second kappa shape index (κ2) is 3.77. The molecule has 1 nitrogen and oxygen atoms in total. The van der Waals surface area contributed by atoms with Gasteiger partial charge in [0.15, 0.2) is 23.3 Å². The zero-order valence-electron chi connectivity index (χ0n) is 7.13. The van der Waals surface area contributed by atoms with E-state index in [1.807, 2.05) is 0 Å². The van der Waals surface area contributed by atoms with Gasteiger partial charge in [0, 0.05) is 12.0 Å². The average molecular weight is 205 g/mol. The van der Waals surface area contributed by atoms with Gasteiger partial charge in [0.2, 0.25) is 0 Å². The first-order chi connectivity index (χ1) is 6.43. The van der Waals surface area contributed by atoms with E-state index >= 15 is 0 Å². The molecule has 0 fully saturated rings. The first-order valence-corrected chi connectivity index (χ1v) is 3.67. The predicted molar refractivity (Wildman–Crippen MR) is 39.5 cm³/mol. The van der Waals surface area contributed by atoms with E-state index in [0.29, 0.717) is 0 Å². The van der Waals surface area contributed by atoms with Gasteiger partial charge in [-0.25, -0.2) is 17.6 Å². The van der Waals surface area contributed by atoms with Crippen LogP contribution in [0.25, 0.3) is 0 Å². The van der Waals surface area contributed by atoms with Crippen LogP contribution in [0.1, 0.15) is 12.5 Å². The van der Waals surface area contributed by atoms with Crippen molar-refractivity contribution < 1.29 is 22.4 Å². The zero-order chi connectivity index (χ0) is 10.9. The molecule has 0 aliphatic carbocycles. The van der Waals surface area contributed by atoms with Crippen LogP contribution in [-0.2, 0) is 11.2 Å². The van der Waals surface area contributed by atoms with E-state index in [0.717, 1.165) is 6.92 Å². The van der Waals surface area contributed by atoms with Crippen LogP contribution in [0.3, 0.4) is 0 Å². The molecule has 0 aliphatic heterocycles. The van der Waals surface area contributed by atoms with Crippen molar-refractivity contribution in [2.24, 2.45) is 0 Å². The monoisotopic (exact) mass is 205 g/mol. The van der Waals surface area contributed by atoms with Crippen LogP contribution in [0.5, 0.6) is 0 Å². The Labute approximate surface area is 77.3 Å². The van der Waals surface area contributed by atoms with Crippen molar-refractivity contribution >= 4 is 5.78 Å². The highest BCUT2D eigenvalue weighted by atomic mass is 19.2. The van der Waals surface area contributed by atoms with Crippen molar-refractivity contribution in [2.45, 2.75) is 13.3 Å². The largest absolute Gasteiger partial charge is 0.300 e. The van der Waals surface area contributed by atoms with Gasteiger partial charge in [-0.05, 0) is 6.92 Å². The highest BCUT2D eigenvalue weighted by Crippen LogP contribution is 2.19. The molecular formula is C9H5F4O. The third-order valence-corrected chi connectivity index (χ3v) is 1.56. The minimum absolute atomic E-state index is 0.590. The Bertz CT molecular complexity index is 361. The Morgan fingerprint density at radius 1 is 1.14 bits per heavy atom. The van der Waals surface area contributed by atoms with E-state index in [2.05, 4.69) is 0 Å². The van der Waals surface area contributed by atoms with Crippen LogP contribution in [-0.4, -0.2) is 5.78 Å². The highest BCUT2D eigenvalue weighted by Gasteiger charge is 2.20. The molecule has 0 aromatic heterocycles. The van der Waals surface area contributed by atoms with E-state index in [1.54, 1.807) is 0 Å². The molecule has 1 radical (unpaired) electrons. The molecule has 1 rings (SSSR count). The maximum atomic E-state index is 12.8. The molecule has 75 valence electrons. The number of carbonyl (C=O) groups excluding carboxylic acids is 1. The number of rotatable bonds is 2. The molecule has 0 saturated heterocycles. The van der Waals surface area contributed by atoms with Gasteiger partial charge in [0.05, 0.1) is 6.07 Å². The van der Waals surface area contributed by atoms with E-state index in [-0.39, 0.29) is 0 Å². The molecule has 0 bridgehead atoms.